The highest BCUT2D eigenvalue weighted by atomic mass is 16.2. The van der Waals surface area contributed by atoms with Crippen molar-refractivity contribution in [3.8, 4) is 0 Å². The van der Waals surface area contributed by atoms with E-state index in [0.29, 0.717) is 17.7 Å². The van der Waals surface area contributed by atoms with Gasteiger partial charge in [0.05, 0.1) is 17.8 Å². The highest BCUT2D eigenvalue weighted by Crippen LogP contribution is 2.11. The van der Waals surface area contributed by atoms with E-state index in [1.165, 1.54) is 18.9 Å². The lowest BCUT2D eigenvalue weighted by atomic mass is 10.0. The van der Waals surface area contributed by atoms with Crippen LogP contribution in [0.15, 0.2) is 42.5 Å². The first kappa shape index (κ1) is 35.7. The van der Waals surface area contributed by atoms with Crippen molar-refractivity contribution in [3.05, 3.63) is 65.0 Å². The smallest absolute Gasteiger partial charge is 0.253 e. The number of nitrogens with zero attached hydrogens (tertiary/aromatic N) is 2. The molecule has 1 aromatic heterocycles. The summed E-state index contributed by atoms with van der Waals surface area (Å²) in [6.45, 7) is 8.38. The first-order valence-electron chi connectivity index (χ1n) is 15.5. The molecule has 6 amide bonds. The van der Waals surface area contributed by atoms with Crippen LogP contribution in [0.2, 0.25) is 0 Å². The number of aryl methyl sites for hydroxylation is 2. The summed E-state index contributed by atoms with van der Waals surface area (Å²) in [7, 11) is 1.47. The molecule has 0 unspecified atom stereocenters. The van der Waals surface area contributed by atoms with E-state index in [4.69, 9.17) is 0 Å². The second-order valence-corrected chi connectivity index (χ2v) is 12.0. The summed E-state index contributed by atoms with van der Waals surface area (Å²) in [6, 6.07) is 8.33. The maximum absolute atomic E-state index is 13.5. The molecule has 13 nitrogen and oxygen atoms in total. The molecule has 0 aliphatic carbocycles. The summed E-state index contributed by atoms with van der Waals surface area (Å²) in [5.74, 6) is -3.55. The number of pyridine rings is 1. The highest BCUT2D eigenvalue weighted by Gasteiger charge is 2.32. The average molecular weight is 636 g/mol. The van der Waals surface area contributed by atoms with Gasteiger partial charge in [-0.25, -0.2) is 0 Å². The number of carbonyl (C=O) groups excluding carboxylic acids is 6. The monoisotopic (exact) mass is 635 g/mol. The molecular weight excluding hydrogens is 590 g/mol. The van der Waals surface area contributed by atoms with Gasteiger partial charge in [-0.1, -0.05) is 44.2 Å². The quantitative estimate of drug-likeness (QED) is 0.318. The molecule has 1 saturated heterocycles. The Balaban J connectivity index is 1.86. The third kappa shape index (κ3) is 10.1. The molecule has 3 rings (SSSR count). The molecule has 0 bridgehead atoms. The maximum Gasteiger partial charge on any atom is 0.253 e. The van der Waals surface area contributed by atoms with Crippen LogP contribution in [0.4, 0.5) is 0 Å². The molecule has 4 atom stereocenters. The Morgan fingerprint density at radius 3 is 2.30 bits per heavy atom. The fourth-order valence-corrected chi connectivity index (χ4v) is 5.08. The summed E-state index contributed by atoms with van der Waals surface area (Å²) in [5, 5.41) is 13.6. The van der Waals surface area contributed by atoms with E-state index >= 15 is 0 Å². The Morgan fingerprint density at radius 1 is 0.957 bits per heavy atom. The van der Waals surface area contributed by atoms with Gasteiger partial charge in [-0.3, -0.25) is 33.8 Å². The van der Waals surface area contributed by atoms with Crippen molar-refractivity contribution in [2.45, 2.75) is 78.0 Å². The third-order valence-electron chi connectivity index (χ3n) is 7.74. The van der Waals surface area contributed by atoms with Gasteiger partial charge in [0.2, 0.25) is 29.5 Å². The van der Waals surface area contributed by atoms with Gasteiger partial charge in [0.1, 0.15) is 24.2 Å². The van der Waals surface area contributed by atoms with Crippen LogP contribution in [-0.2, 0) is 30.4 Å². The standard InChI is InChI=1S/C33H45N7O6/c1-19(2)28-32(45)36-22(5)29(42)38-26(17-23-11-8-7-9-12-23)33(46)40(6)18-27(41)34-16-10-13-25(31(44)39-28)37-30(43)24-15-14-20(3)35-21(24)4/h7-9,11-12,14-15,19,22,25-26,28H,10,13,16-18H2,1-6H3,(H,34,41)(H,36,45)(H,37,43)(H,38,42)(H,39,44)/t22-,25+,26+,28-/m1/s1. The molecule has 0 saturated carbocycles. The Kier molecular flexibility index (Phi) is 12.8. The molecule has 13 heteroatoms. The molecule has 2 aromatic rings. The number of rotatable bonds is 5. The van der Waals surface area contributed by atoms with Crippen molar-refractivity contribution in [3.63, 3.8) is 0 Å². The number of amides is 6. The molecule has 1 aromatic carbocycles. The summed E-state index contributed by atoms with van der Waals surface area (Å²) in [5.41, 5.74) is 2.35. The number of hydrogen-bond acceptors (Lipinski definition) is 7. The van der Waals surface area contributed by atoms with Crippen LogP contribution < -0.4 is 26.6 Å². The van der Waals surface area contributed by atoms with Crippen LogP contribution >= 0.6 is 0 Å². The third-order valence-corrected chi connectivity index (χ3v) is 7.74. The van der Waals surface area contributed by atoms with Gasteiger partial charge in [-0.15, -0.1) is 0 Å². The maximum atomic E-state index is 13.5. The molecule has 46 heavy (non-hydrogen) atoms. The minimum atomic E-state index is -1.06. The zero-order valence-electron chi connectivity index (χ0n) is 27.3. The van der Waals surface area contributed by atoms with Crippen LogP contribution in [0, 0.1) is 19.8 Å². The summed E-state index contributed by atoms with van der Waals surface area (Å²) in [6.07, 6.45) is 0.637. The number of aromatic nitrogens is 1. The van der Waals surface area contributed by atoms with Gasteiger partial charge < -0.3 is 31.5 Å². The van der Waals surface area contributed by atoms with Crippen LogP contribution in [-0.4, -0.2) is 89.6 Å². The Morgan fingerprint density at radius 2 is 1.65 bits per heavy atom. The second kappa shape index (κ2) is 16.5. The van der Waals surface area contributed by atoms with Crippen LogP contribution in [0.3, 0.4) is 0 Å². The van der Waals surface area contributed by atoms with Crippen molar-refractivity contribution < 1.29 is 28.8 Å². The van der Waals surface area contributed by atoms with Crippen molar-refractivity contribution in [1.82, 2.24) is 36.5 Å². The van der Waals surface area contributed by atoms with E-state index in [1.807, 2.05) is 30.3 Å². The zero-order valence-corrected chi connectivity index (χ0v) is 27.3. The van der Waals surface area contributed by atoms with Gasteiger partial charge in [0.25, 0.3) is 5.91 Å². The molecular formula is C33H45N7O6. The normalized spacial score (nSPS) is 22.6. The number of nitrogens with one attached hydrogen (secondary N) is 5. The first-order valence-corrected chi connectivity index (χ1v) is 15.5. The highest BCUT2D eigenvalue weighted by molar-refractivity contribution is 5.99. The first-order chi connectivity index (χ1) is 21.8. The fraction of sp³-hybridized carbons (Fsp3) is 0.485. The van der Waals surface area contributed by atoms with Crippen LogP contribution in [0.1, 0.15) is 60.9 Å². The van der Waals surface area contributed by atoms with Gasteiger partial charge in [-0.2, -0.15) is 0 Å². The molecule has 1 fully saturated rings. The second-order valence-electron chi connectivity index (χ2n) is 12.0. The topological polar surface area (TPSA) is 179 Å². The van der Waals surface area contributed by atoms with Gasteiger partial charge in [0.15, 0.2) is 0 Å². The molecule has 0 radical (unpaired) electrons. The van der Waals surface area contributed by atoms with E-state index in [1.54, 1.807) is 39.8 Å². The van der Waals surface area contributed by atoms with Crippen molar-refractivity contribution in [2.24, 2.45) is 5.92 Å². The minimum Gasteiger partial charge on any atom is -0.355 e. The summed E-state index contributed by atoms with van der Waals surface area (Å²) < 4.78 is 0. The minimum absolute atomic E-state index is 0.148. The Labute approximate surface area is 269 Å². The molecule has 0 spiro atoms. The van der Waals surface area contributed by atoms with E-state index in [0.717, 1.165) is 11.3 Å². The zero-order chi connectivity index (χ0) is 34.0. The predicted octanol–water partition coefficient (Wildman–Crippen LogP) is 0.538. The lowest BCUT2D eigenvalue weighted by Gasteiger charge is -2.28. The van der Waals surface area contributed by atoms with E-state index in [2.05, 4.69) is 31.6 Å². The molecule has 2 heterocycles. The molecule has 5 N–H and O–H groups in total. The molecule has 248 valence electrons. The lowest BCUT2D eigenvalue weighted by molar-refractivity contribution is -0.139. The Bertz CT molecular complexity index is 1430. The van der Waals surface area contributed by atoms with Crippen molar-refractivity contribution in [2.75, 3.05) is 20.1 Å². The van der Waals surface area contributed by atoms with E-state index in [-0.39, 0.29) is 31.8 Å². The van der Waals surface area contributed by atoms with Crippen molar-refractivity contribution in [1.29, 1.82) is 0 Å². The van der Waals surface area contributed by atoms with Gasteiger partial charge >= 0.3 is 0 Å². The summed E-state index contributed by atoms with van der Waals surface area (Å²) in [4.78, 5) is 85.1. The van der Waals surface area contributed by atoms with Crippen LogP contribution in [0.5, 0.6) is 0 Å². The SMILES string of the molecule is Cc1ccc(C(=O)N[C@H]2CCCNC(=O)CN(C)C(=O)[C@H](Cc3ccccc3)NC(=O)[C@@H](C)NC(=O)[C@@H](C(C)C)NC2=O)c(C)n1. The summed E-state index contributed by atoms with van der Waals surface area (Å²) >= 11 is 0. The number of hydrogen-bond donors (Lipinski definition) is 5. The Hall–Kier alpha value is -4.81. The lowest BCUT2D eigenvalue weighted by Crippen LogP contribution is -2.59. The number of likely N-dealkylation sites (N-methyl/N-ethyl adjacent to an activating group) is 1. The van der Waals surface area contributed by atoms with Crippen molar-refractivity contribution >= 4 is 35.4 Å². The van der Waals surface area contributed by atoms with E-state index < -0.39 is 59.6 Å². The number of carbonyl (C=O) groups is 6. The molecule has 1 aliphatic heterocycles. The van der Waals surface area contributed by atoms with Gasteiger partial charge in [0, 0.05) is 25.7 Å². The van der Waals surface area contributed by atoms with Gasteiger partial charge in [-0.05, 0) is 57.2 Å². The largest absolute Gasteiger partial charge is 0.355 e. The fourth-order valence-electron chi connectivity index (χ4n) is 5.08. The molecule has 1 aliphatic rings. The van der Waals surface area contributed by atoms with Crippen LogP contribution in [0.25, 0.3) is 0 Å². The predicted molar refractivity (Wildman–Crippen MR) is 171 cm³/mol. The average Bonchev–Trinajstić information content (AvgIpc) is 3.00. The number of benzene rings is 1. The van der Waals surface area contributed by atoms with E-state index in [9.17, 15) is 28.8 Å².